The molecule has 0 N–H and O–H groups in total. The summed E-state index contributed by atoms with van der Waals surface area (Å²) in [6.07, 6.45) is 1.79. The first-order valence-electron chi connectivity index (χ1n) is 15.3. The third-order valence-electron chi connectivity index (χ3n) is 8.26. The summed E-state index contributed by atoms with van der Waals surface area (Å²) in [5.74, 6) is 2.47. The lowest BCUT2D eigenvalue weighted by atomic mass is 9.90. The Hall–Kier alpha value is -5.55. The summed E-state index contributed by atoms with van der Waals surface area (Å²) in [6, 6.07) is 21.9. The zero-order valence-electron chi connectivity index (χ0n) is 26.8. The van der Waals surface area contributed by atoms with Gasteiger partial charge in [-0.05, 0) is 72.2 Å². The molecule has 3 heterocycles. The summed E-state index contributed by atoms with van der Waals surface area (Å²) >= 11 is 1.25. The van der Waals surface area contributed by atoms with E-state index >= 15 is 0 Å². The number of nitrogens with zero attached hydrogens (tertiary/aromatic N) is 2. The van der Waals surface area contributed by atoms with Crippen LogP contribution in [0, 0.1) is 0 Å². The predicted molar refractivity (Wildman–Crippen MR) is 181 cm³/mol. The van der Waals surface area contributed by atoms with Crippen molar-refractivity contribution >= 4 is 34.2 Å². The van der Waals surface area contributed by atoms with Gasteiger partial charge in [-0.3, -0.25) is 9.36 Å². The number of thiazole rings is 1. The third-order valence-corrected chi connectivity index (χ3v) is 9.24. The largest absolute Gasteiger partial charge is 0.496 e. The SMILES string of the molecule is CCOC(=O)C1=C(C)N=c2s/c(=C\c3ccc(OCc4ccc5c(c4)OCO5)c(OC)c3)c(=O)n2C1c1c(OC)ccc2ccccc12. The maximum absolute atomic E-state index is 14.3. The molecule has 10 nitrogen and oxygen atoms in total. The second-order valence-electron chi connectivity index (χ2n) is 11.1. The summed E-state index contributed by atoms with van der Waals surface area (Å²) in [6.45, 7) is 4.19. The van der Waals surface area contributed by atoms with Crippen LogP contribution >= 0.6 is 11.3 Å². The van der Waals surface area contributed by atoms with Gasteiger partial charge in [0.25, 0.3) is 5.56 Å². The van der Waals surface area contributed by atoms with Gasteiger partial charge in [0.05, 0.1) is 36.6 Å². The molecule has 0 fully saturated rings. The minimum atomic E-state index is -0.829. The van der Waals surface area contributed by atoms with Gasteiger partial charge in [-0.1, -0.05) is 53.8 Å². The van der Waals surface area contributed by atoms with Gasteiger partial charge >= 0.3 is 5.97 Å². The van der Waals surface area contributed by atoms with E-state index in [4.69, 9.17) is 33.4 Å². The molecule has 4 aromatic carbocycles. The molecule has 0 saturated carbocycles. The number of aromatic nitrogens is 1. The molecule has 7 rings (SSSR count). The van der Waals surface area contributed by atoms with Gasteiger partial charge < -0.3 is 28.4 Å². The average Bonchev–Trinajstić information content (AvgIpc) is 3.69. The Morgan fingerprint density at radius 3 is 2.58 bits per heavy atom. The second-order valence-corrected chi connectivity index (χ2v) is 12.1. The van der Waals surface area contributed by atoms with Crippen LogP contribution in [0.2, 0.25) is 0 Å². The highest BCUT2D eigenvalue weighted by atomic mass is 32.1. The Labute approximate surface area is 279 Å². The van der Waals surface area contributed by atoms with Crippen LogP contribution in [0.5, 0.6) is 28.7 Å². The van der Waals surface area contributed by atoms with Crippen molar-refractivity contribution in [2.24, 2.45) is 4.99 Å². The first-order chi connectivity index (χ1) is 23.4. The van der Waals surface area contributed by atoms with Gasteiger partial charge in [-0.15, -0.1) is 0 Å². The number of carbonyl (C=O) groups excluding carboxylic acids is 1. The van der Waals surface area contributed by atoms with Crippen LogP contribution in [-0.4, -0.2) is 38.2 Å². The van der Waals surface area contributed by atoms with E-state index in [0.717, 1.165) is 21.9 Å². The number of methoxy groups -OCH3 is 2. The Morgan fingerprint density at radius 2 is 1.77 bits per heavy atom. The van der Waals surface area contributed by atoms with Crippen LogP contribution in [0.1, 0.15) is 36.6 Å². The number of carbonyl (C=O) groups is 1. The smallest absolute Gasteiger partial charge is 0.338 e. The zero-order chi connectivity index (χ0) is 33.4. The number of benzene rings is 4. The van der Waals surface area contributed by atoms with E-state index in [0.29, 0.717) is 55.9 Å². The van der Waals surface area contributed by atoms with Gasteiger partial charge in [-0.25, -0.2) is 9.79 Å². The van der Waals surface area contributed by atoms with Crippen LogP contribution in [0.25, 0.3) is 16.8 Å². The molecular formula is C37H32N2O8S. The number of allylic oxidation sites excluding steroid dienone is 1. The molecule has 0 aliphatic carbocycles. The molecule has 11 heteroatoms. The topological polar surface area (TPSA) is 107 Å². The van der Waals surface area contributed by atoms with Crippen molar-refractivity contribution in [2.75, 3.05) is 27.6 Å². The quantitative estimate of drug-likeness (QED) is 0.196. The lowest BCUT2D eigenvalue weighted by Crippen LogP contribution is -2.40. The summed E-state index contributed by atoms with van der Waals surface area (Å²) in [5.41, 5.74) is 2.80. The van der Waals surface area contributed by atoms with Crippen molar-refractivity contribution in [1.82, 2.24) is 4.57 Å². The molecular weight excluding hydrogens is 632 g/mol. The molecule has 1 atom stereocenters. The highest BCUT2D eigenvalue weighted by Crippen LogP contribution is 2.40. The molecule has 244 valence electrons. The van der Waals surface area contributed by atoms with E-state index in [2.05, 4.69) is 0 Å². The number of ether oxygens (including phenoxy) is 6. The second kappa shape index (κ2) is 12.9. The van der Waals surface area contributed by atoms with Crippen molar-refractivity contribution in [2.45, 2.75) is 26.5 Å². The Bertz CT molecular complexity index is 2290. The lowest BCUT2D eigenvalue weighted by Gasteiger charge is -2.27. The standard InChI is InChI=1S/C37H32N2O8S/c1-5-44-36(41)32-21(2)38-37-39(34(32)33-25-9-7-6-8-24(25)12-15-28(33)42-3)35(40)31(48-37)18-22-10-13-26(29(16-22)43-4)45-19-23-11-14-27-30(17-23)47-20-46-27/h6-18,34H,5,19-20H2,1-4H3/b31-18-. The number of hydrogen-bond acceptors (Lipinski definition) is 10. The molecule has 48 heavy (non-hydrogen) atoms. The fraction of sp³-hybridized carbons (Fsp3) is 0.216. The fourth-order valence-corrected chi connectivity index (χ4v) is 7.08. The molecule has 0 bridgehead atoms. The van der Waals surface area contributed by atoms with Gasteiger partial charge in [0.15, 0.2) is 27.8 Å². The molecule has 5 aromatic rings. The Kier molecular flexibility index (Phi) is 8.36. The molecule has 2 aliphatic rings. The van der Waals surface area contributed by atoms with E-state index in [1.165, 1.54) is 11.3 Å². The maximum Gasteiger partial charge on any atom is 0.338 e. The summed E-state index contributed by atoms with van der Waals surface area (Å²) in [7, 11) is 3.14. The van der Waals surface area contributed by atoms with Crippen LogP contribution < -0.4 is 38.6 Å². The fourth-order valence-electron chi connectivity index (χ4n) is 6.04. The van der Waals surface area contributed by atoms with Gasteiger partial charge in [0.1, 0.15) is 18.4 Å². The summed E-state index contributed by atoms with van der Waals surface area (Å²) in [5, 5.41) is 1.80. The average molecular weight is 665 g/mol. The lowest BCUT2D eigenvalue weighted by molar-refractivity contribution is -0.139. The predicted octanol–water partition coefficient (Wildman–Crippen LogP) is 5.28. The highest BCUT2D eigenvalue weighted by molar-refractivity contribution is 7.07. The number of esters is 1. The van der Waals surface area contributed by atoms with E-state index in [1.54, 1.807) is 38.7 Å². The first kappa shape index (κ1) is 31.1. The Morgan fingerprint density at radius 1 is 0.979 bits per heavy atom. The molecule has 1 aromatic heterocycles. The maximum atomic E-state index is 14.3. The van der Waals surface area contributed by atoms with Crippen molar-refractivity contribution in [1.29, 1.82) is 0 Å². The monoisotopic (exact) mass is 664 g/mol. The van der Waals surface area contributed by atoms with E-state index in [9.17, 15) is 9.59 Å². The van der Waals surface area contributed by atoms with Gasteiger partial charge in [0, 0.05) is 5.56 Å². The van der Waals surface area contributed by atoms with E-state index in [1.807, 2.05) is 72.8 Å². The first-order valence-corrected chi connectivity index (χ1v) is 16.2. The molecule has 0 radical (unpaired) electrons. The summed E-state index contributed by atoms with van der Waals surface area (Å²) in [4.78, 5) is 33.0. The minimum absolute atomic E-state index is 0.178. The zero-order valence-corrected chi connectivity index (χ0v) is 27.6. The molecule has 1 unspecified atom stereocenters. The molecule has 0 amide bonds. The van der Waals surface area contributed by atoms with Gasteiger partial charge in [-0.2, -0.15) is 0 Å². The van der Waals surface area contributed by atoms with Crippen molar-refractivity contribution in [3.63, 3.8) is 0 Å². The van der Waals surface area contributed by atoms with Crippen LogP contribution in [-0.2, 0) is 16.1 Å². The molecule has 2 aliphatic heterocycles. The molecule has 0 spiro atoms. The number of fused-ring (bicyclic) bond motifs is 3. The van der Waals surface area contributed by atoms with Crippen LogP contribution in [0.4, 0.5) is 0 Å². The van der Waals surface area contributed by atoms with Crippen molar-refractivity contribution < 1.29 is 33.2 Å². The normalized spacial score (nSPS) is 15.2. The van der Waals surface area contributed by atoms with Crippen LogP contribution in [0.3, 0.4) is 0 Å². The van der Waals surface area contributed by atoms with Crippen molar-refractivity contribution in [3.8, 4) is 28.7 Å². The highest BCUT2D eigenvalue weighted by Gasteiger charge is 2.36. The number of hydrogen-bond donors (Lipinski definition) is 0. The molecule has 0 saturated heterocycles. The van der Waals surface area contributed by atoms with Crippen molar-refractivity contribution in [3.05, 3.63) is 120 Å². The van der Waals surface area contributed by atoms with Crippen LogP contribution in [0.15, 0.2) is 93.9 Å². The van der Waals surface area contributed by atoms with E-state index < -0.39 is 12.0 Å². The minimum Gasteiger partial charge on any atom is -0.496 e. The van der Waals surface area contributed by atoms with Gasteiger partial charge in [0.2, 0.25) is 6.79 Å². The Balaban J connectivity index is 1.30. The third kappa shape index (κ3) is 5.56. The van der Waals surface area contributed by atoms with E-state index in [-0.39, 0.29) is 24.5 Å². The summed E-state index contributed by atoms with van der Waals surface area (Å²) < 4.78 is 35.9. The number of rotatable bonds is 9.